The van der Waals surface area contributed by atoms with Gasteiger partial charge in [-0.25, -0.2) is 0 Å². The highest BCUT2D eigenvalue weighted by atomic mass is 127. The van der Waals surface area contributed by atoms with Crippen molar-refractivity contribution >= 4 is 40.9 Å². The van der Waals surface area contributed by atoms with Crippen LogP contribution in [0.1, 0.15) is 0 Å². The molecular formula is C7H6INO3S. The third-order valence-corrected chi connectivity index (χ3v) is 2.56. The highest BCUT2D eigenvalue weighted by molar-refractivity contribution is 14.1. The Morgan fingerprint density at radius 1 is 1.62 bits per heavy atom. The maximum Gasteiger partial charge on any atom is 0.271 e. The molecule has 0 saturated heterocycles. The molecule has 4 nitrogen and oxygen atoms in total. The van der Waals surface area contributed by atoms with E-state index in [1.807, 2.05) is 22.6 Å². The normalized spacial score (nSPS) is 9.77. The number of hydrogen-bond acceptors (Lipinski definition) is 4. The predicted molar refractivity (Wildman–Crippen MR) is 59.6 cm³/mol. The second kappa shape index (κ2) is 4.14. The molecular weight excluding hydrogens is 305 g/mol. The fourth-order valence-electron chi connectivity index (χ4n) is 0.873. The lowest BCUT2D eigenvalue weighted by Crippen LogP contribution is -1.93. The lowest BCUT2D eigenvalue weighted by molar-refractivity contribution is -0.385. The summed E-state index contributed by atoms with van der Waals surface area (Å²) in [6.07, 6.45) is 0. The SMILES string of the molecule is COc1c(S)cc([N+](=O)[O-])cc1I. The van der Waals surface area contributed by atoms with Gasteiger partial charge < -0.3 is 4.74 Å². The summed E-state index contributed by atoms with van der Waals surface area (Å²) in [4.78, 5) is 10.4. The van der Waals surface area contributed by atoms with Crippen LogP contribution in [0.4, 0.5) is 5.69 Å². The Labute approximate surface area is 94.0 Å². The van der Waals surface area contributed by atoms with Crippen molar-refractivity contribution < 1.29 is 9.66 Å². The molecule has 0 heterocycles. The largest absolute Gasteiger partial charge is 0.494 e. The lowest BCUT2D eigenvalue weighted by Gasteiger charge is -2.05. The van der Waals surface area contributed by atoms with Crippen LogP contribution < -0.4 is 4.74 Å². The Kier molecular flexibility index (Phi) is 3.37. The summed E-state index contributed by atoms with van der Waals surface area (Å²) >= 11 is 6.04. The maximum atomic E-state index is 10.4. The van der Waals surface area contributed by atoms with Gasteiger partial charge in [-0.1, -0.05) is 0 Å². The summed E-state index contributed by atoms with van der Waals surface area (Å²) in [5, 5.41) is 10.4. The molecule has 0 atom stereocenters. The minimum atomic E-state index is -0.457. The average Bonchev–Trinajstić information content (AvgIpc) is 2.03. The van der Waals surface area contributed by atoms with E-state index in [0.29, 0.717) is 14.2 Å². The molecule has 0 aliphatic rings. The number of ether oxygens (including phenoxy) is 1. The number of rotatable bonds is 2. The van der Waals surface area contributed by atoms with Gasteiger partial charge in [-0.3, -0.25) is 10.1 Å². The van der Waals surface area contributed by atoms with Gasteiger partial charge in [0.15, 0.2) is 0 Å². The van der Waals surface area contributed by atoms with Gasteiger partial charge in [0, 0.05) is 12.1 Å². The minimum Gasteiger partial charge on any atom is -0.494 e. The second-order valence-corrected chi connectivity index (χ2v) is 3.88. The summed E-state index contributed by atoms with van der Waals surface area (Å²) < 4.78 is 5.68. The van der Waals surface area contributed by atoms with Crippen molar-refractivity contribution in [3.05, 3.63) is 25.8 Å². The number of nitrogens with zero attached hydrogens (tertiary/aromatic N) is 1. The van der Waals surface area contributed by atoms with Crippen molar-refractivity contribution in [2.45, 2.75) is 4.90 Å². The van der Waals surface area contributed by atoms with E-state index in [9.17, 15) is 10.1 Å². The first-order valence-electron chi connectivity index (χ1n) is 3.27. The first-order chi connectivity index (χ1) is 6.06. The van der Waals surface area contributed by atoms with Crippen LogP contribution in [0.25, 0.3) is 0 Å². The van der Waals surface area contributed by atoms with Gasteiger partial charge in [-0.2, -0.15) is 0 Å². The van der Waals surface area contributed by atoms with Gasteiger partial charge in [-0.05, 0) is 22.6 Å². The monoisotopic (exact) mass is 311 g/mol. The highest BCUT2D eigenvalue weighted by Crippen LogP contribution is 2.32. The first-order valence-corrected chi connectivity index (χ1v) is 4.79. The molecule has 0 aliphatic carbocycles. The number of methoxy groups -OCH3 is 1. The number of thiol groups is 1. The van der Waals surface area contributed by atoms with Crippen LogP contribution in [0.2, 0.25) is 0 Å². The molecule has 0 radical (unpaired) electrons. The molecule has 0 unspecified atom stereocenters. The number of nitro groups is 1. The van der Waals surface area contributed by atoms with Crippen LogP contribution in [0, 0.1) is 13.7 Å². The summed E-state index contributed by atoms with van der Waals surface area (Å²) in [7, 11) is 1.50. The number of nitro benzene ring substituents is 1. The molecule has 0 bridgehead atoms. The van der Waals surface area contributed by atoms with Crippen LogP contribution >= 0.6 is 35.2 Å². The quantitative estimate of drug-likeness (QED) is 0.395. The summed E-state index contributed by atoms with van der Waals surface area (Å²) in [5.74, 6) is 0.564. The zero-order chi connectivity index (χ0) is 10.0. The van der Waals surface area contributed by atoms with Crippen molar-refractivity contribution in [1.82, 2.24) is 0 Å². The molecule has 6 heteroatoms. The molecule has 70 valence electrons. The molecule has 1 aromatic rings. The maximum absolute atomic E-state index is 10.4. The van der Waals surface area contributed by atoms with Crippen LogP contribution in [0.15, 0.2) is 17.0 Å². The highest BCUT2D eigenvalue weighted by Gasteiger charge is 2.13. The van der Waals surface area contributed by atoms with Crippen molar-refractivity contribution in [2.75, 3.05) is 7.11 Å². The zero-order valence-corrected chi connectivity index (χ0v) is 9.70. The Hall–Kier alpha value is -0.500. The molecule has 0 N–H and O–H groups in total. The van der Waals surface area contributed by atoms with E-state index in [4.69, 9.17) is 4.74 Å². The average molecular weight is 311 g/mol. The van der Waals surface area contributed by atoms with Gasteiger partial charge in [0.1, 0.15) is 5.75 Å². The van der Waals surface area contributed by atoms with Gasteiger partial charge in [0.25, 0.3) is 5.69 Å². The van der Waals surface area contributed by atoms with Crippen molar-refractivity contribution in [3.63, 3.8) is 0 Å². The van der Waals surface area contributed by atoms with Gasteiger partial charge in [-0.15, -0.1) is 12.6 Å². The predicted octanol–water partition coefficient (Wildman–Crippen LogP) is 2.50. The fourth-order valence-corrected chi connectivity index (χ4v) is 2.26. The van der Waals surface area contributed by atoms with E-state index >= 15 is 0 Å². The first kappa shape index (κ1) is 10.6. The molecule has 0 saturated carbocycles. The third-order valence-electron chi connectivity index (χ3n) is 1.42. The topological polar surface area (TPSA) is 52.4 Å². The third kappa shape index (κ3) is 2.25. The molecule has 0 aliphatic heterocycles. The van der Waals surface area contributed by atoms with Crippen LogP contribution in [-0.2, 0) is 0 Å². The molecule has 13 heavy (non-hydrogen) atoms. The van der Waals surface area contributed by atoms with Gasteiger partial charge in [0.05, 0.1) is 20.5 Å². The Morgan fingerprint density at radius 2 is 2.23 bits per heavy atom. The van der Waals surface area contributed by atoms with Crippen LogP contribution in [0.5, 0.6) is 5.75 Å². The van der Waals surface area contributed by atoms with E-state index in [0.717, 1.165) is 0 Å². The van der Waals surface area contributed by atoms with Crippen molar-refractivity contribution in [1.29, 1.82) is 0 Å². The summed E-state index contributed by atoms with van der Waals surface area (Å²) in [6.45, 7) is 0. The number of non-ortho nitro benzene ring substituents is 1. The van der Waals surface area contributed by atoms with Crippen molar-refractivity contribution in [3.8, 4) is 5.75 Å². The van der Waals surface area contributed by atoms with E-state index in [2.05, 4.69) is 12.6 Å². The second-order valence-electron chi connectivity index (χ2n) is 2.24. The van der Waals surface area contributed by atoms with E-state index in [1.54, 1.807) is 0 Å². The van der Waals surface area contributed by atoms with Gasteiger partial charge in [0.2, 0.25) is 0 Å². The standard InChI is InChI=1S/C7H6INO3S/c1-12-7-5(8)2-4(9(10)11)3-6(7)13/h2-3,13H,1H3. The minimum absolute atomic E-state index is 0.0233. The lowest BCUT2D eigenvalue weighted by atomic mass is 10.3. The molecule has 1 aromatic carbocycles. The molecule has 0 amide bonds. The number of benzene rings is 1. The Morgan fingerprint density at radius 3 is 2.62 bits per heavy atom. The molecule has 1 rings (SSSR count). The Balaban J connectivity index is 3.28. The van der Waals surface area contributed by atoms with Gasteiger partial charge >= 0.3 is 0 Å². The molecule has 0 spiro atoms. The Bertz CT molecular complexity index is 333. The van der Waals surface area contributed by atoms with Crippen LogP contribution in [0.3, 0.4) is 0 Å². The summed E-state index contributed by atoms with van der Waals surface area (Å²) in [5.41, 5.74) is 0.0233. The fraction of sp³-hybridized carbons (Fsp3) is 0.143. The van der Waals surface area contributed by atoms with E-state index in [1.165, 1.54) is 19.2 Å². The molecule has 0 aromatic heterocycles. The van der Waals surface area contributed by atoms with E-state index < -0.39 is 4.92 Å². The molecule has 0 fully saturated rings. The van der Waals surface area contributed by atoms with Crippen LogP contribution in [-0.4, -0.2) is 12.0 Å². The number of hydrogen-bond donors (Lipinski definition) is 1. The van der Waals surface area contributed by atoms with Crippen molar-refractivity contribution in [2.24, 2.45) is 0 Å². The van der Waals surface area contributed by atoms with E-state index in [-0.39, 0.29) is 5.69 Å². The number of halogens is 1. The zero-order valence-electron chi connectivity index (χ0n) is 6.65. The smallest absolute Gasteiger partial charge is 0.271 e. The summed E-state index contributed by atoms with van der Waals surface area (Å²) in [6, 6.07) is 2.81.